The summed E-state index contributed by atoms with van der Waals surface area (Å²) >= 11 is 0. The van der Waals surface area contributed by atoms with Gasteiger partial charge in [-0.1, -0.05) is 50.2 Å². The summed E-state index contributed by atoms with van der Waals surface area (Å²) in [4.78, 5) is 13.0. The average molecular weight is 487 g/mol. The van der Waals surface area contributed by atoms with Crippen LogP contribution in [0.2, 0.25) is 0 Å². The number of ether oxygens (including phenoxy) is 3. The molecule has 0 spiro atoms. The van der Waals surface area contributed by atoms with E-state index in [0.29, 0.717) is 11.3 Å². The van der Waals surface area contributed by atoms with Crippen molar-refractivity contribution in [3.05, 3.63) is 89.7 Å². The summed E-state index contributed by atoms with van der Waals surface area (Å²) < 4.78 is 66.4. The minimum Gasteiger partial charge on any atom is -0.454 e. The molecule has 182 valence electrons. The van der Waals surface area contributed by atoms with Crippen LogP contribution in [0.15, 0.2) is 72.8 Å². The van der Waals surface area contributed by atoms with Gasteiger partial charge in [-0.25, -0.2) is 4.39 Å². The zero-order valence-electron chi connectivity index (χ0n) is 18.8. The first-order valence-electron chi connectivity index (χ1n) is 10.6. The molecule has 0 fully saturated rings. The van der Waals surface area contributed by atoms with Gasteiger partial charge in [-0.15, -0.1) is 13.2 Å². The average Bonchev–Trinajstić information content (AvgIpc) is 2.80. The van der Waals surface area contributed by atoms with E-state index in [1.54, 1.807) is 44.2 Å². The smallest absolute Gasteiger partial charge is 0.454 e. The Morgan fingerprint density at radius 2 is 1.54 bits per heavy atom. The standard InChI is InChI=1S/C26H21F4NO4/c1-16(2)24(17-8-11-20(12-9-17)35-26(28,29)30)25(32)34-23(15-31)18-10-13-21(27)22(14-18)33-19-6-4-3-5-7-19/h3-14,16,23-24H,1-2H3. The van der Waals surface area contributed by atoms with Crippen LogP contribution in [0.4, 0.5) is 17.6 Å². The summed E-state index contributed by atoms with van der Waals surface area (Å²) in [6, 6.07) is 18.9. The Morgan fingerprint density at radius 3 is 2.11 bits per heavy atom. The molecule has 0 radical (unpaired) electrons. The van der Waals surface area contributed by atoms with Crippen molar-refractivity contribution < 1.29 is 36.6 Å². The third kappa shape index (κ3) is 6.96. The van der Waals surface area contributed by atoms with Crippen LogP contribution in [0.1, 0.15) is 37.0 Å². The number of halogens is 4. The molecule has 0 amide bonds. The van der Waals surface area contributed by atoms with Gasteiger partial charge in [-0.3, -0.25) is 4.79 Å². The van der Waals surface area contributed by atoms with E-state index >= 15 is 0 Å². The van der Waals surface area contributed by atoms with Crippen molar-refractivity contribution in [2.75, 3.05) is 0 Å². The molecule has 2 atom stereocenters. The summed E-state index contributed by atoms with van der Waals surface area (Å²) in [5.74, 6) is -2.79. The quantitative estimate of drug-likeness (QED) is 0.251. The van der Waals surface area contributed by atoms with Gasteiger partial charge < -0.3 is 14.2 Å². The number of benzene rings is 3. The minimum absolute atomic E-state index is 0.148. The van der Waals surface area contributed by atoms with Gasteiger partial charge in [-0.2, -0.15) is 5.26 Å². The van der Waals surface area contributed by atoms with E-state index in [-0.39, 0.29) is 17.2 Å². The van der Waals surface area contributed by atoms with Crippen molar-refractivity contribution in [2.24, 2.45) is 5.92 Å². The largest absolute Gasteiger partial charge is 0.573 e. The van der Waals surface area contributed by atoms with Gasteiger partial charge in [0.2, 0.25) is 6.10 Å². The van der Waals surface area contributed by atoms with E-state index in [0.717, 1.165) is 18.2 Å². The normalized spacial score (nSPS) is 13.0. The molecule has 0 bridgehead atoms. The van der Waals surface area contributed by atoms with E-state index in [1.807, 2.05) is 6.07 Å². The van der Waals surface area contributed by atoms with Crippen LogP contribution >= 0.6 is 0 Å². The molecule has 3 rings (SSSR count). The monoisotopic (exact) mass is 487 g/mol. The predicted molar refractivity (Wildman–Crippen MR) is 118 cm³/mol. The summed E-state index contributed by atoms with van der Waals surface area (Å²) in [5.41, 5.74) is 0.591. The van der Waals surface area contributed by atoms with Crippen LogP contribution in [0.3, 0.4) is 0 Å². The Kier molecular flexibility index (Phi) is 7.97. The molecule has 5 nitrogen and oxygen atoms in total. The number of nitriles is 1. The lowest BCUT2D eigenvalue weighted by atomic mass is 9.88. The third-order valence-corrected chi connectivity index (χ3v) is 4.97. The Hall–Kier alpha value is -4.06. The number of hydrogen-bond donors (Lipinski definition) is 0. The minimum atomic E-state index is -4.84. The maximum Gasteiger partial charge on any atom is 0.573 e. The fourth-order valence-electron chi connectivity index (χ4n) is 3.41. The lowest BCUT2D eigenvalue weighted by Gasteiger charge is -2.22. The van der Waals surface area contributed by atoms with E-state index < -0.39 is 35.9 Å². The highest BCUT2D eigenvalue weighted by atomic mass is 19.4. The first-order chi connectivity index (χ1) is 16.6. The molecule has 9 heteroatoms. The van der Waals surface area contributed by atoms with Gasteiger partial charge in [-0.05, 0) is 47.9 Å². The predicted octanol–water partition coefficient (Wildman–Crippen LogP) is 7.06. The number of alkyl halides is 3. The van der Waals surface area contributed by atoms with E-state index in [9.17, 15) is 27.6 Å². The number of nitrogens with zero attached hydrogens (tertiary/aromatic N) is 1. The van der Waals surface area contributed by atoms with Crippen LogP contribution in [-0.4, -0.2) is 12.3 Å². The Bertz CT molecular complexity index is 1190. The molecule has 0 aromatic heterocycles. The molecule has 35 heavy (non-hydrogen) atoms. The SMILES string of the molecule is CC(C)C(C(=O)OC(C#N)c1ccc(F)c(Oc2ccccc2)c1)c1ccc(OC(F)(F)F)cc1. The van der Waals surface area contributed by atoms with Crippen LogP contribution in [0.5, 0.6) is 17.2 Å². The van der Waals surface area contributed by atoms with Crippen molar-refractivity contribution in [1.82, 2.24) is 0 Å². The molecule has 0 N–H and O–H groups in total. The van der Waals surface area contributed by atoms with Crippen molar-refractivity contribution in [1.29, 1.82) is 5.26 Å². The molecule has 3 aromatic rings. The molecule has 0 aliphatic rings. The molecular weight excluding hydrogens is 466 g/mol. The van der Waals surface area contributed by atoms with Gasteiger partial charge in [0.05, 0.1) is 5.92 Å². The highest BCUT2D eigenvalue weighted by molar-refractivity contribution is 5.79. The number of esters is 1. The summed E-state index contributed by atoms with van der Waals surface area (Å²) in [7, 11) is 0. The van der Waals surface area contributed by atoms with Crippen LogP contribution < -0.4 is 9.47 Å². The Labute approximate surface area is 199 Å². The maximum atomic E-state index is 14.3. The first-order valence-corrected chi connectivity index (χ1v) is 10.6. The molecule has 0 aliphatic carbocycles. The van der Waals surface area contributed by atoms with Gasteiger partial charge in [0.1, 0.15) is 17.6 Å². The number of rotatable bonds is 8. The van der Waals surface area contributed by atoms with Crippen LogP contribution in [-0.2, 0) is 9.53 Å². The van der Waals surface area contributed by atoms with Crippen molar-refractivity contribution in [2.45, 2.75) is 32.2 Å². The zero-order valence-corrected chi connectivity index (χ0v) is 18.8. The van der Waals surface area contributed by atoms with Crippen molar-refractivity contribution >= 4 is 5.97 Å². The highest BCUT2D eigenvalue weighted by Crippen LogP contribution is 2.33. The summed E-state index contributed by atoms with van der Waals surface area (Å²) in [5, 5.41) is 9.63. The second kappa shape index (κ2) is 10.9. The van der Waals surface area contributed by atoms with Gasteiger partial charge in [0, 0.05) is 5.56 Å². The van der Waals surface area contributed by atoms with Gasteiger partial charge in [0.25, 0.3) is 0 Å². The van der Waals surface area contributed by atoms with Crippen LogP contribution in [0.25, 0.3) is 0 Å². The Morgan fingerprint density at radius 1 is 0.914 bits per heavy atom. The highest BCUT2D eigenvalue weighted by Gasteiger charge is 2.32. The zero-order chi connectivity index (χ0) is 25.6. The second-order valence-electron chi connectivity index (χ2n) is 7.89. The molecule has 3 aromatic carbocycles. The topological polar surface area (TPSA) is 68.6 Å². The first kappa shape index (κ1) is 25.6. The number of carbonyl (C=O) groups excluding carboxylic acids is 1. The lowest BCUT2D eigenvalue weighted by Crippen LogP contribution is -2.23. The summed E-state index contributed by atoms with van der Waals surface area (Å²) in [6.45, 7) is 3.47. The van der Waals surface area contributed by atoms with E-state index in [4.69, 9.17) is 9.47 Å². The molecule has 2 unspecified atom stereocenters. The van der Waals surface area contributed by atoms with Gasteiger partial charge in [0.15, 0.2) is 11.6 Å². The fourth-order valence-corrected chi connectivity index (χ4v) is 3.41. The molecule has 0 saturated carbocycles. The second-order valence-corrected chi connectivity index (χ2v) is 7.89. The Balaban J connectivity index is 1.79. The molecule has 0 heterocycles. The van der Waals surface area contributed by atoms with Crippen LogP contribution in [0, 0.1) is 23.1 Å². The van der Waals surface area contributed by atoms with Crippen molar-refractivity contribution in [3.63, 3.8) is 0 Å². The third-order valence-electron chi connectivity index (χ3n) is 4.97. The van der Waals surface area contributed by atoms with Crippen molar-refractivity contribution in [3.8, 4) is 23.3 Å². The number of para-hydroxylation sites is 1. The lowest BCUT2D eigenvalue weighted by molar-refractivity contribution is -0.274. The fraction of sp³-hybridized carbons (Fsp3) is 0.231. The van der Waals surface area contributed by atoms with E-state index in [2.05, 4.69) is 4.74 Å². The van der Waals surface area contributed by atoms with E-state index in [1.165, 1.54) is 24.3 Å². The molecule has 0 saturated heterocycles. The maximum absolute atomic E-state index is 14.3. The van der Waals surface area contributed by atoms with Gasteiger partial charge >= 0.3 is 12.3 Å². The molecular formula is C26H21F4NO4. The summed E-state index contributed by atoms with van der Waals surface area (Å²) in [6.07, 6.45) is -6.20. The molecule has 0 aliphatic heterocycles. The number of hydrogen-bond acceptors (Lipinski definition) is 5. The number of carbonyl (C=O) groups is 1.